The second-order valence-electron chi connectivity index (χ2n) is 8.27. The summed E-state index contributed by atoms with van der Waals surface area (Å²) >= 11 is 0. The number of anilines is 1. The van der Waals surface area contributed by atoms with Crippen molar-refractivity contribution >= 4 is 5.95 Å². The minimum Gasteiger partial charge on any atom is -0.373 e. The van der Waals surface area contributed by atoms with Gasteiger partial charge in [-0.2, -0.15) is 0 Å². The second kappa shape index (κ2) is 8.85. The summed E-state index contributed by atoms with van der Waals surface area (Å²) in [6.45, 7) is 0.490. The molecule has 2 bridgehead atoms. The highest BCUT2D eigenvalue weighted by molar-refractivity contribution is 5.21. The maximum atomic E-state index is 14.8. The molecule has 2 saturated heterocycles. The standard InChI is InChI=1S/C21H29F2N5O2/c1-24-20-25-28(21(29)26(20)2)12-15(22)11-27-16-7-8-17(27)10-18(9-16)30-13-14-5-3-4-6-19(14)23/h3-6,15-18H,7-13H2,1-2H3,(H,24,25). The molecule has 0 radical (unpaired) electrons. The van der Waals surface area contributed by atoms with Crippen molar-refractivity contribution in [3.8, 4) is 0 Å². The van der Waals surface area contributed by atoms with Crippen LogP contribution in [0.2, 0.25) is 0 Å². The van der Waals surface area contributed by atoms with Gasteiger partial charge in [0.2, 0.25) is 5.95 Å². The van der Waals surface area contributed by atoms with Gasteiger partial charge >= 0.3 is 5.69 Å². The zero-order chi connectivity index (χ0) is 21.3. The van der Waals surface area contributed by atoms with Crippen LogP contribution in [0.4, 0.5) is 14.7 Å². The van der Waals surface area contributed by atoms with Crippen LogP contribution >= 0.6 is 0 Å². The summed E-state index contributed by atoms with van der Waals surface area (Å²) in [4.78, 5) is 14.4. The number of ether oxygens (including phenoxy) is 1. The molecule has 3 heterocycles. The van der Waals surface area contributed by atoms with Gasteiger partial charge in [0, 0.05) is 38.3 Å². The van der Waals surface area contributed by atoms with Crippen molar-refractivity contribution in [1.82, 2.24) is 19.2 Å². The molecular weight excluding hydrogens is 392 g/mol. The number of piperidine rings is 1. The molecule has 2 aliphatic rings. The summed E-state index contributed by atoms with van der Waals surface area (Å²) < 4.78 is 37.2. The van der Waals surface area contributed by atoms with E-state index in [0.29, 0.717) is 11.5 Å². The van der Waals surface area contributed by atoms with E-state index in [4.69, 9.17) is 4.74 Å². The Kier molecular flexibility index (Phi) is 6.19. The third-order valence-corrected chi connectivity index (χ3v) is 6.32. The van der Waals surface area contributed by atoms with Crippen molar-refractivity contribution in [3.63, 3.8) is 0 Å². The van der Waals surface area contributed by atoms with Gasteiger partial charge in [-0.25, -0.2) is 18.3 Å². The first-order chi connectivity index (χ1) is 14.5. The van der Waals surface area contributed by atoms with E-state index in [-0.39, 0.29) is 49.4 Å². The van der Waals surface area contributed by atoms with Gasteiger partial charge in [-0.05, 0) is 31.7 Å². The van der Waals surface area contributed by atoms with E-state index in [0.717, 1.165) is 25.7 Å². The van der Waals surface area contributed by atoms with Gasteiger partial charge in [0.15, 0.2) is 0 Å². The molecule has 164 valence electrons. The summed E-state index contributed by atoms with van der Waals surface area (Å²) in [5.41, 5.74) is 0.239. The van der Waals surface area contributed by atoms with Gasteiger partial charge in [-0.15, -0.1) is 5.10 Å². The molecule has 2 aromatic rings. The molecule has 1 N–H and O–H groups in total. The number of nitrogens with one attached hydrogen (secondary N) is 1. The smallest absolute Gasteiger partial charge is 0.347 e. The Balaban J connectivity index is 1.31. The molecule has 0 saturated carbocycles. The largest absolute Gasteiger partial charge is 0.373 e. The van der Waals surface area contributed by atoms with E-state index >= 15 is 0 Å². The lowest BCUT2D eigenvalue weighted by Crippen LogP contribution is -2.48. The highest BCUT2D eigenvalue weighted by Gasteiger charge is 2.42. The zero-order valence-corrected chi connectivity index (χ0v) is 17.4. The van der Waals surface area contributed by atoms with E-state index in [1.54, 1.807) is 26.2 Å². The van der Waals surface area contributed by atoms with Crippen LogP contribution in [0.5, 0.6) is 0 Å². The van der Waals surface area contributed by atoms with Gasteiger partial charge in [-0.3, -0.25) is 9.47 Å². The Morgan fingerprint density at radius 1 is 1.23 bits per heavy atom. The Labute approximate surface area is 174 Å². The van der Waals surface area contributed by atoms with E-state index in [2.05, 4.69) is 15.3 Å². The monoisotopic (exact) mass is 421 g/mol. The fourth-order valence-electron chi connectivity index (χ4n) is 4.78. The average molecular weight is 421 g/mol. The third-order valence-electron chi connectivity index (χ3n) is 6.32. The lowest BCUT2D eigenvalue weighted by atomic mass is 9.99. The van der Waals surface area contributed by atoms with Crippen molar-refractivity contribution in [2.24, 2.45) is 7.05 Å². The number of hydrogen-bond acceptors (Lipinski definition) is 5. The van der Waals surface area contributed by atoms with E-state index < -0.39 is 6.17 Å². The fourth-order valence-corrected chi connectivity index (χ4v) is 4.78. The lowest BCUT2D eigenvalue weighted by molar-refractivity contribution is -0.0349. The molecule has 0 spiro atoms. The topological polar surface area (TPSA) is 64.3 Å². The normalized spacial score (nSPS) is 24.9. The van der Waals surface area contributed by atoms with Gasteiger partial charge in [0.05, 0.1) is 19.3 Å². The first-order valence-corrected chi connectivity index (χ1v) is 10.5. The number of halogens is 2. The van der Waals surface area contributed by atoms with Gasteiger partial charge in [0.1, 0.15) is 12.0 Å². The Morgan fingerprint density at radius 3 is 2.57 bits per heavy atom. The molecule has 3 unspecified atom stereocenters. The Hall–Kier alpha value is -2.26. The molecule has 7 nitrogen and oxygen atoms in total. The SMILES string of the molecule is CNc1nn(CC(F)CN2C3CCC2CC(OCc2ccccc2F)C3)c(=O)n1C. The highest BCUT2D eigenvalue weighted by Crippen LogP contribution is 2.37. The minimum absolute atomic E-state index is 0.0580. The number of fused-ring (bicyclic) bond motifs is 2. The summed E-state index contributed by atoms with van der Waals surface area (Å²) in [6.07, 6.45) is 2.57. The molecule has 9 heteroatoms. The molecule has 1 aromatic heterocycles. The van der Waals surface area contributed by atoms with E-state index in [1.807, 2.05) is 6.07 Å². The van der Waals surface area contributed by atoms with Crippen molar-refractivity contribution in [3.05, 3.63) is 46.1 Å². The van der Waals surface area contributed by atoms with E-state index in [9.17, 15) is 13.6 Å². The van der Waals surface area contributed by atoms with Crippen LogP contribution in [0.1, 0.15) is 31.2 Å². The molecule has 4 rings (SSSR count). The Bertz CT molecular complexity index is 916. The number of hydrogen-bond donors (Lipinski definition) is 1. The third kappa shape index (κ3) is 4.27. The van der Waals surface area contributed by atoms with Crippen LogP contribution in [0, 0.1) is 5.82 Å². The summed E-state index contributed by atoms with van der Waals surface area (Å²) in [7, 11) is 3.28. The first kappa shape index (κ1) is 21.0. The molecular formula is C21H29F2N5O2. The van der Waals surface area contributed by atoms with Crippen molar-refractivity contribution in [2.75, 3.05) is 18.9 Å². The number of aromatic nitrogens is 3. The van der Waals surface area contributed by atoms with Crippen molar-refractivity contribution in [2.45, 2.75) is 63.2 Å². The number of nitrogens with zero attached hydrogens (tertiary/aromatic N) is 4. The highest BCUT2D eigenvalue weighted by atomic mass is 19.1. The molecule has 1 aromatic carbocycles. The summed E-state index contributed by atoms with van der Waals surface area (Å²) in [6, 6.07) is 7.19. The van der Waals surface area contributed by atoms with Crippen LogP contribution in [0.15, 0.2) is 29.1 Å². The minimum atomic E-state index is -1.18. The van der Waals surface area contributed by atoms with Crippen molar-refractivity contribution in [1.29, 1.82) is 0 Å². The van der Waals surface area contributed by atoms with Crippen molar-refractivity contribution < 1.29 is 13.5 Å². The fraction of sp³-hybridized carbons (Fsp3) is 0.619. The lowest BCUT2D eigenvalue weighted by Gasteiger charge is -2.39. The van der Waals surface area contributed by atoms with E-state index in [1.165, 1.54) is 15.3 Å². The van der Waals surface area contributed by atoms with Gasteiger partial charge < -0.3 is 10.1 Å². The molecule has 0 amide bonds. The number of benzene rings is 1. The summed E-state index contributed by atoms with van der Waals surface area (Å²) in [5, 5.41) is 6.96. The Morgan fingerprint density at radius 2 is 1.93 bits per heavy atom. The maximum Gasteiger partial charge on any atom is 0.347 e. The first-order valence-electron chi connectivity index (χ1n) is 10.5. The summed E-state index contributed by atoms with van der Waals surface area (Å²) in [5.74, 6) is 0.171. The molecule has 30 heavy (non-hydrogen) atoms. The van der Waals surface area contributed by atoms with Gasteiger partial charge in [0.25, 0.3) is 0 Å². The van der Waals surface area contributed by atoms with Crippen LogP contribution in [-0.4, -0.2) is 57.2 Å². The molecule has 2 aliphatic heterocycles. The number of rotatable bonds is 8. The molecule has 3 atom stereocenters. The molecule has 2 fully saturated rings. The van der Waals surface area contributed by atoms with Crippen LogP contribution in [-0.2, 0) is 24.9 Å². The predicted molar refractivity (Wildman–Crippen MR) is 110 cm³/mol. The van der Waals surface area contributed by atoms with Crippen LogP contribution in [0.3, 0.4) is 0 Å². The predicted octanol–water partition coefficient (Wildman–Crippen LogP) is 2.31. The number of alkyl halides is 1. The van der Waals surface area contributed by atoms with Gasteiger partial charge in [-0.1, -0.05) is 18.2 Å². The average Bonchev–Trinajstić information content (AvgIpc) is 3.12. The quantitative estimate of drug-likeness (QED) is 0.709. The zero-order valence-electron chi connectivity index (χ0n) is 17.4. The second-order valence-corrected chi connectivity index (χ2v) is 8.27. The maximum absolute atomic E-state index is 14.8. The van der Waals surface area contributed by atoms with Crippen LogP contribution < -0.4 is 11.0 Å². The molecule has 0 aliphatic carbocycles. The van der Waals surface area contributed by atoms with Crippen LogP contribution in [0.25, 0.3) is 0 Å².